The van der Waals surface area contributed by atoms with Gasteiger partial charge in [-0.2, -0.15) is 0 Å². The second-order valence-electron chi connectivity index (χ2n) is 5.83. The van der Waals surface area contributed by atoms with Gasteiger partial charge in [-0.05, 0) is 33.0 Å². The number of hydrogen-bond donors (Lipinski definition) is 0. The van der Waals surface area contributed by atoms with Gasteiger partial charge in [-0.1, -0.05) is 68.4 Å². The molecule has 112 valence electrons. The van der Waals surface area contributed by atoms with E-state index in [4.69, 9.17) is 0 Å². The van der Waals surface area contributed by atoms with Gasteiger partial charge in [-0.15, -0.1) is 5.10 Å². The molecule has 0 aliphatic rings. The Morgan fingerprint density at radius 2 is 1.55 bits per heavy atom. The first kappa shape index (κ1) is 14.4. The third kappa shape index (κ3) is 2.77. The second-order valence-corrected chi connectivity index (χ2v) is 5.83. The zero-order valence-electron chi connectivity index (χ0n) is 13.1. The van der Waals surface area contributed by atoms with Crippen LogP contribution in [0.15, 0.2) is 54.6 Å². The highest BCUT2D eigenvalue weighted by atomic mass is 15.5. The van der Waals surface area contributed by atoms with Gasteiger partial charge < -0.3 is 0 Å². The normalized spacial score (nSPS) is 12.5. The Balaban J connectivity index is 2.14. The van der Waals surface area contributed by atoms with E-state index in [1.807, 2.05) is 13.1 Å². The average molecular weight is 292 g/mol. The van der Waals surface area contributed by atoms with E-state index < -0.39 is 0 Å². The quantitative estimate of drug-likeness (QED) is 0.739. The summed E-state index contributed by atoms with van der Waals surface area (Å²) in [5, 5.41) is 12.1. The Morgan fingerprint density at radius 3 is 2.18 bits per heavy atom. The summed E-state index contributed by atoms with van der Waals surface area (Å²) in [6, 6.07) is 19.1. The van der Waals surface area contributed by atoms with E-state index in [1.54, 1.807) is 4.68 Å². The lowest BCUT2D eigenvalue weighted by molar-refractivity contribution is 0.667. The number of hydrogen-bond acceptors (Lipinski definition) is 3. The maximum absolute atomic E-state index is 4.25. The second kappa shape index (κ2) is 6.10. The zero-order chi connectivity index (χ0) is 15.5. The van der Waals surface area contributed by atoms with Crippen molar-refractivity contribution in [2.75, 3.05) is 0 Å². The molecule has 4 heteroatoms. The minimum atomic E-state index is 0.0416. The fourth-order valence-electron chi connectivity index (χ4n) is 2.71. The fourth-order valence-corrected chi connectivity index (χ4v) is 2.71. The number of aryl methyl sites for hydroxylation is 1. The molecule has 3 aromatic rings. The molecule has 22 heavy (non-hydrogen) atoms. The smallest absolute Gasteiger partial charge is 0.162 e. The molecule has 0 saturated carbocycles. The zero-order valence-corrected chi connectivity index (χ0v) is 13.1. The Hall–Kier alpha value is -2.49. The highest BCUT2D eigenvalue weighted by Crippen LogP contribution is 2.31. The Labute approximate surface area is 130 Å². The van der Waals surface area contributed by atoms with Crippen LogP contribution < -0.4 is 0 Å². The Morgan fingerprint density at radius 1 is 0.864 bits per heavy atom. The number of tetrazole rings is 1. The number of benzene rings is 2. The van der Waals surface area contributed by atoms with Crippen molar-refractivity contribution in [3.63, 3.8) is 0 Å². The molecule has 0 N–H and O–H groups in total. The molecule has 0 aliphatic heterocycles. The van der Waals surface area contributed by atoms with Gasteiger partial charge in [0.1, 0.15) is 0 Å². The first-order valence-corrected chi connectivity index (χ1v) is 7.54. The Bertz CT molecular complexity index is 747. The molecule has 0 spiro atoms. The van der Waals surface area contributed by atoms with E-state index in [2.05, 4.69) is 77.9 Å². The summed E-state index contributed by atoms with van der Waals surface area (Å²) in [4.78, 5) is 0. The third-order valence-corrected chi connectivity index (χ3v) is 3.95. The van der Waals surface area contributed by atoms with Crippen molar-refractivity contribution in [3.05, 3.63) is 77.1 Å². The molecule has 1 atom stereocenters. The predicted molar refractivity (Wildman–Crippen MR) is 86.7 cm³/mol. The number of aromatic nitrogens is 4. The summed E-state index contributed by atoms with van der Waals surface area (Å²) in [7, 11) is 1.89. The van der Waals surface area contributed by atoms with Crippen molar-refractivity contribution in [2.24, 2.45) is 7.05 Å². The van der Waals surface area contributed by atoms with Gasteiger partial charge >= 0.3 is 0 Å². The van der Waals surface area contributed by atoms with Crippen LogP contribution in [0.4, 0.5) is 0 Å². The molecule has 1 aromatic heterocycles. The van der Waals surface area contributed by atoms with Crippen LogP contribution in [0, 0.1) is 0 Å². The van der Waals surface area contributed by atoms with Crippen molar-refractivity contribution < 1.29 is 0 Å². The van der Waals surface area contributed by atoms with Crippen LogP contribution in [0.3, 0.4) is 0 Å². The molecule has 0 fully saturated rings. The van der Waals surface area contributed by atoms with Crippen LogP contribution >= 0.6 is 0 Å². The Kier molecular flexibility index (Phi) is 4.00. The summed E-state index contributed by atoms with van der Waals surface area (Å²) >= 11 is 0. The lowest BCUT2D eigenvalue weighted by Gasteiger charge is -2.18. The number of nitrogens with zero attached hydrogens (tertiary/aromatic N) is 4. The van der Waals surface area contributed by atoms with Crippen molar-refractivity contribution in [3.8, 4) is 0 Å². The van der Waals surface area contributed by atoms with Crippen molar-refractivity contribution in [2.45, 2.75) is 25.7 Å². The predicted octanol–water partition coefficient (Wildman–Crippen LogP) is 3.51. The van der Waals surface area contributed by atoms with Gasteiger partial charge in [-0.25, -0.2) is 4.68 Å². The van der Waals surface area contributed by atoms with Crippen molar-refractivity contribution in [1.29, 1.82) is 0 Å². The lowest BCUT2D eigenvalue weighted by Crippen LogP contribution is -2.11. The fraction of sp³-hybridized carbons (Fsp3) is 0.278. The maximum Gasteiger partial charge on any atom is 0.162 e. The van der Waals surface area contributed by atoms with E-state index in [0.29, 0.717) is 5.92 Å². The standard InChI is InChI=1S/C18H20N4/c1-13(2)15-10-7-11-16(12-15)17(14-8-5-4-6-9-14)18-19-20-21-22(18)3/h4-13,17H,1-3H3. The summed E-state index contributed by atoms with van der Waals surface area (Å²) in [5.41, 5.74) is 3.74. The van der Waals surface area contributed by atoms with Crippen LogP contribution in [-0.4, -0.2) is 20.2 Å². The SMILES string of the molecule is CC(C)c1cccc(C(c2ccccc2)c2nnnn2C)c1. The van der Waals surface area contributed by atoms with Crippen LogP contribution in [0.25, 0.3) is 0 Å². The van der Waals surface area contributed by atoms with Gasteiger partial charge in [0, 0.05) is 7.05 Å². The average Bonchev–Trinajstić information content (AvgIpc) is 2.95. The van der Waals surface area contributed by atoms with E-state index in [1.165, 1.54) is 16.7 Å². The van der Waals surface area contributed by atoms with E-state index >= 15 is 0 Å². The molecule has 4 nitrogen and oxygen atoms in total. The molecule has 0 bridgehead atoms. The summed E-state index contributed by atoms with van der Waals surface area (Å²) in [6.07, 6.45) is 0. The van der Waals surface area contributed by atoms with Gasteiger partial charge in [-0.3, -0.25) is 0 Å². The van der Waals surface area contributed by atoms with Gasteiger partial charge in [0.05, 0.1) is 5.92 Å². The monoisotopic (exact) mass is 292 g/mol. The molecular weight excluding hydrogens is 272 g/mol. The summed E-state index contributed by atoms with van der Waals surface area (Å²) in [6.45, 7) is 4.42. The molecule has 0 amide bonds. The molecule has 0 radical (unpaired) electrons. The number of rotatable bonds is 4. The van der Waals surface area contributed by atoms with Crippen LogP contribution in [-0.2, 0) is 7.05 Å². The third-order valence-electron chi connectivity index (χ3n) is 3.95. The minimum absolute atomic E-state index is 0.0416. The summed E-state index contributed by atoms with van der Waals surface area (Å²) < 4.78 is 1.75. The molecule has 0 saturated heterocycles. The van der Waals surface area contributed by atoms with Crippen LogP contribution in [0.1, 0.15) is 48.2 Å². The molecular formula is C18H20N4. The first-order chi connectivity index (χ1) is 10.7. The van der Waals surface area contributed by atoms with Gasteiger partial charge in [0.2, 0.25) is 0 Å². The largest absolute Gasteiger partial charge is 0.232 e. The molecule has 3 rings (SSSR count). The molecule has 1 heterocycles. The van der Waals surface area contributed by atoms with Crippen LogP contribution in [0.2, 0.25) is 0 Å². The first-order valence-electron chi connectivity index (χ1n) is 7.54. The van der Waals surface area contributed by atoms with Crippen molar-refractivity contribution in [1.82, 2.24) is 20.2 Å². The van der Waals surface area contributed by atoms with Gasteiger partial charge in [0.25, 0.3) is 0 Å². The molecule has 2 aromatic carbocycles. The van der Waals surface area contributed by atoms with Crippen molar-refractivity contribution >= 4 is 0 Å². The molecule has 1 unspecified atom stereocenters. The highest BCUT2D eigenvalue weighted by molar-refractivity contribution is 5.40. The van der Waals surface area contributed by atoms with E-state index in [9.17, 15) is 0 Å². The summed E-state index contributed by atoms with van der Waals surface area (Å²) in [5.74, 6) is 1.39. The minimum Gasteiger partial charge on any atom is -0.232 e. The topological polar surface area (TPSA) is 43.6 Å². The van der Waals surface area contributed by atoms with E-state index in [-0.39, 0.29) is 5.92 Å². The van der Waals surface area contributed by atoms with Gasteiger partial charge in [0.15, 0.2) is 5.82 Å². The highest BCUT2D eigenvalue weighted by Gasteiger charge is 2.22. The molecule has 0 aliphatic carbocycles. The van der Waals surface area contributed by atoms with Crippen LogP contribution in [0.5, 0.6) is 0 Å². The maximum atomic E-state index is 4.25. The lowest BCUT2D eigenvalue weighted by atomic mass is 9.88. The van der Waals surface area contributed by atoms with E-state index in [0.717, 1.165) is 5.82 Å².